The van der Waals surface area contributed by atoms with Crippen LogP contribution in [0.2, 0.25) is 0 Å². The molecule has 2 saturated carbocycles. The van der Waals surface area contributed by atoms with Crippen molar-refractivity contribution in [3.05, 3.63) is 34.9 Å². The van der Waals surface area contributed by atoms with Gasteiger partial charge in [0.15, 0.2) is 0 Å². The van der Waals surface area contributed by atoms with Gasteiger partial charge in [-0.25, -0.2) is 0 Å². The van der Waals surface area contributed by atoms with E-state index in [-0.39, 0.29) is 14.4 Å². The molecular weight excluding hydrogens is 280 g/mol. The van der Waals surface area contributed by atoms with E-state index in [0.29, 0.717) is 17.8 Å². The Kier molecular flexibility index (Phi) is 3.65. The van der Waals surface area contributed by atoms with E-state index < -0.39 is 0 Å². The van der Waals surface area contributed by atoms with Crippen molar-refractivity contribution in [2.24, 2.45) is 29.1 Å². The Morgan fingerprint density at radius 2 is 2.09 bits per heavy atom. The minimum absolute atomic E-state index is 0. The zero-order valence-electron chi connectivity index (χ0n) is 15.2. The van der Waals surface area contributed by atoms with Gasteiger partial charge in [-0.05, 0) is 78.7 Å². The van der Waals surface area contributed by atoms with Gasteiger partial charge in [-0.2, -0.15) is 0 Å². The van der Waals surface area contributed by atoms with E-state index in [1.807, 2.05) is 0 Å². The zero-order chi connectivity index (χ0) is 16.4. The number of aliphatic hydroxyl groups is 1. The number of aliphatic hydroxyl groups excluding tert-OH is 1. The molecule has 0 saturated heterocycles. The second-order valence-electron chi connectivity index (χ2n) is 8.96. The van der Waals surface area contributed by atoms with Crippen molar-refractivity contribution >= 4 is 0 Å². The third-order valence-corrected chi connectivity index (χ3v) is 7.96. The van der Waals surface area contributed by atoms with Crippen LogP contribution in [0.4, 0.5) is 0 Å². The summed E-state index contributed by atoms with van der Waals surface area (Å²) in [6, 6.07) is 7.14. The van der Waals surface area contributed by atoms with E-state index in [9.17, 15) is 5.11 Å². The Balaban J connectivity index is 0.00000113. The van der Waals surface area contributed by atoms with Crippen molar-refractivity contribution in [3.63, 3.8) is 0 Å². The van der Waals surface area contributed by atoms with Gasteiger partial charge >= 0.3 is 0 Å². The fraction of sp³-hybridized carbons (Fsp3) is 0.727. The summed E-state index contributed by atoms with van der Waals surface area (Å²) < 4.78 is 0. The predicted octanol–water partition coefficient (Wildman–Crippen LogP) is 5.59. The third kappa shape index (κ3) is 2.08. The monoisotopic (exact) mass is 316 g/mol. The molecule has 0 radical (unpaired) electrons. The topological polar surface area (TPSA) is 20.2 Å². The van der Waals surface area contributed by atoms with Crippen LogP contribution in [0.25, 0.3) is 0 Å². The van der Waals surface area contributed by atoms with Crippen molar-refractivity contribution in [2.45, 2.75) is 71.8 Å². The molecule has 23 heavy (non-hydrogen) atoms. The molecule has 0 aliphatic heterocycles. The molecule has 4 unspecified atom stereocenters. The summed E-state index contributed by atoms with van der Waals surface area (Å²) in [6.07, 6.45) is 6.17. The van der Waals surface area contributed by atoms with E-state index in [4.69, 9.17) is 0 Å². The van der Waals surface area contributed by atoms with Gasteiger partial charge < -0.3 is 5.11 Å². The number of aryl methyl sites for hydroxylation is 2. The fourth-order valence-corrected chi connectivity index (χ4v) is 6.93. The van der Waals surface area contributed by atoms with Crippen LogP contribution in [0.15, 0.2) is 18.2 Å². The molecule has 130 valence electrons. The number of hydrogen-bond donors (Lipinski definition) is 1. The van der Waals surface area contributed by atoms with Gasteiger partial charge in [-0.15, -0.1) is 0 Å². The van der Waals surface area contributed by atoms with E-state index in [1.165, 1.54) is 37.7 Å². The van der Waals surface area contributed by atoms with E-state index in [2.05, 4.69) is 45.9 Å². The van der Waals surface area contributed by atoms with Crippen LogP contribution < -0.4 is 0 Å². The SMILES string of the molecule is CCC1C(C)[C@H](O)[C@@]2(C)CCC3c4ccc(C)cc4CCC3[C@H]12.[HH].[HH]. The summed E-state index contributed by atoms with van der Waals surface area (Å²) in [6.45, 7) is 9.25. The van der Waals surface area contributed by atoms with Crippen LogP contribution in [0.1, 0.15) is 71.9 Å². The van der Waals surface area contributed by atoms with Gasteiger partial charge in [-0.1, -0.05) is 51.0 Å². The highest BCUT2D eigenvalue weighted by Gasteiger charge is 2.60. The number of rotatable bonds is 1. The average molecular weight is 317 g/mol. The lowest BCUT2D eigenvalue weighted by atomic mass is 9.54. The highest BCUT2D eigenvalue weighted by Crippen LogP contribution is 2.64. The summed E-state index contributed by atoms with van der Waals surface area (Å²) in [5, 5.41) is 11.0. The molecule has 4 rings (SSSR count). The lowest BCUT2D eigenvalue weighted by molar-refractivity contribution is -0.0348. The maximum atomic E-state index is 11.0. The Labute approximate surface area is 144 Å². The molecule has 0 bridgehead atoms. The molecule has 3 aliphatic carbocycles. The van der Waals surface area contributed by atoms with Gasteiger partial charge in [0.1, 0.15) is 0 Å². The molecule has 0 aromatic heterocycles. The lowest BCUT2D eigenvalue weighted by Crippen LogP contribution is -2.45. The quantitative estimate of drug-likeness (QED) is 0.716. The van der Waals surface area contributed by atoms with E-state index in [1.54, 1.807) is 11.1 Å². The van der Waals surface area contributed by atoms with Crippen LogP contribution in [-0.4, -0.2) is 11.2 Å². The molecule has 0 heterocycles. The first-order chi connectivity index (χ1) is 11.0. The molecule has 1 aromatic carbocycles. The Bertz CT molecular complexity index is 616. The van der Waals surface area contributed by atoms with Crippen LogP contribution >= 0.6 is 0 Å². The predicted molar refractivity (Wildman–Crippen MR) is 99.7 cm³/mol. The van der Waals surface area contributed by atoms with Gasteiger partial charge in [0.25, 0.3) is 0 Å². The second kappa shape index (κ2) is 5.34. The maximum absolute atomic E-state index is 11.0. The molecule has 1 heteroatoms. The zero-order valence-corrected chi connectivity index (χ0v) is 15.2. The minimum atomic E-state index is -0.0992. The minimum Gasteiger partial charge on any atom is -0.392 e. The first kappa shape index (κ1) is 15.7. The summed E-state index contributed by atoms with van der Waals surface area (Å²) in [7, 11) is 0. The second-order valence-corrected chi connectivity index (χ2v) is 8.96. The van der Waals surface area contributed by atoms with E-state index in [0.717, 1.165) is 11.8 Å². The van der Waals surface area contributed by atoms with Crippen molar-refractivity contribution in [1.29, 1.82) is 0 Å². The molecule has 7 atom stereocenters. The first-order valence-electron chi connectivity index (χ1n) is 9.75. The summed E-state index contributed by atoms with van der Waals surface area (Å²) in [4.78, 5) is 0. The van der Waals surface area contributed by atoms with Gasteiger partial charge in [0.2, 0.25) is 0 Å². The van der Waals surface area contributed by atoms with Crippen molar-refractivity contribution in [2.75, 3.05) is 0 Å². The highest BCUT2D eigenvalue weighted by molar-refractivity contribution is 5.38. The summed E-state index contributed by atoms with van der Waals surface area (Å²) in [5.41, 5.74) is 4.80. The molecule has 1 nitrogen and oxygen atoms in total. The molecule has 3 aliphatic rings. The molecule has 0 amide bonds. The molecule has 2 fully saturated rings. The van der Waals surface area contributed by atoms with Crippen molar-refractivity contribution in [3.8, 4) is 0 Å². The molecule has 1 aromatic rings. The number of hydrogen-bond acceptors (Lipinski definition) is 1. The maximum Gasteiger partial charge on any atom is 0.0624 e. The Morgan fingerprint density at radius 1 is 1.30 bits per heavy atom. The van der Waals surface area contributed by atoms with Gasteiger partial charge in [-0.3, -0.25) is 0 Å². The van der Waals surface area contributed by atoms with Gasteiger partial charge in [0, 0.05) is 2.85 Å². The average Bonchev–Trinajstić information content (AvgIpc) is 2.74. The van der Waals surface area contributed by atoms with Crippen LogP contribution in [0.5, 0.6) is 0 Å². The molecule has 1 N–H and O–H groups in total. The van der Waals surface area contributed by atoms with Crippen molar-refractivity contribution in [1.82, 2.24) is 0 Å². The van der Waals surface area contributed by atoms with Crippen LogP contribution in [0, 0.1) is 36.0 Å². The molecule has 0 spiro atoms. The summed E-state index contributed by atoms with van der Waals surface area (Å²) >= 11 is 0. The fourth-order valence-electron chi connectivity index (χ4n) is 6.93. The third-order valence-electron chi connectivity index (χ3n) is 7.96. The van der Waals surface area contributed by atoms with Crippen LogP contribution in [-0.2, 0) is 6.42 Å². The smallest absolute Gasteiger partial charge is 0.0624 e. The Morgan fingerprint density at radius 3 is 2.83 bits per heavy atom. The lowest BCUT2D eigenvalue weighted by Gasteiger charge is -2.51. The van der Waals surface area contributed by atoms with Crippen molar-refractivity contribution < 1.29 is 7.96 Å². The standard InChI is InChI=1S/C22H32O.2H2/c1-5-16-14(3)21(23)22(4)11-10-18-17-8-6-13(2)12-15(17)7-9-19(18)20(16)22;;/h6,8,12,14,16,18-21,23H,5,7,9-11H2,1-4H3;2*1H/t14?,16?,18?,19?,20-,21-,22-;;/m0../s1. The Hall–Kier alpha value is -0.820. The van der Waals surface area contributed by atoms with E-state index >= 15 is 0 Å². The normalized spacial score (nSPS) is 45.3. The van der Waals surface area contributed by atoms with Gasteiger partial charge in [0.05, 0.1) is 6.10 Å². The summed E-state index contributed by atoms with van der Waals surface area (Å²) in [5.74, 6) is 3.41. The largest absolute Gasteiger partial charge is 0.392 e. The number of fused-ring (bicyclic) bond motifs is 5. The molecular formula is C22H36O. The first-order valence-corrected chi connectivity index (χ1v) is 9.75. The van der Waals surface area contributed by atoms with Crippen LogP contribution in [0.3, 0.4) is 0 Å². The highest BCUT2D eigenvalue weighted by atomic mass is 16.3. The number of benzene rings is 1.